The molecular weight excluding hydrogens is 370 g/mol. The molecule has 0 atom stereocenters. The lowest BCUT2D eigenvalue weighted by Gasteiger charge is -2.12. The number of phenolic OH excluding ortho intramolecular Hbond substituents is 1. The van der Waals surface area contributed by atoms with Crippen molar-refractivity contribution < 1.29 is 5.11 Å². The molecule has 0 bridgehead atoms. The van der Waals surface area contributed by atoms with Gasteiger partial charge in [-0.3, -0.25) is 0 Å². The highest BCUT2D eigenvalue weighted by atomic mass is 16.3. The van der Waals surface area contributed by atoms with E-state index in [2.05, 4.69) is 30.1 Å². The fourth-order valence-corrected chi connectivity index (χ4v) is 4.06. The molecular formula is C26H37N3O. The minimum absolute atomic E-state index is 0.323. The topological polar surface area (TPSA) is 50.9 Å². The zero-order valence-corrected chi connectivity index (χ0v) is 18.7. The van der Waals surface area contributed by atoms with Gasteiger partial charge in [0, 0.05) is 0 Å². The van der Waals surface area contributed by atoms with Crippen molar-refractivity contribution in [1.82, 2.24) is 15.0 Å². The van der Waals surface area contributed by atoms with Gasteiger partial charge in [-0.05, 0) is 48.6 Å². The predicted molar refractivity (Wildman–Crippen MR) is 125 cm³/mol. The Morgan fingerprint density at radius 1 is 0.767 bits per heavy atom. The highest BCUT2D eigenvalue weighted by molar-refractivity contribution is 5.73. The summed E-state index contributed by atoms with van der Waals surface area (Å²) >= 11 is 0. The van der Waals surface area contributed by atoms with Crippen LogP contribution >= 0.6 is 0 Å². The largest absolute Gasteiger partial charge is 0.505 e. The number of fused-ring (bicyclic) bond motifs is 1. The van der Waals surface area contributed by atoms with Crippen LogP contribution in [0.1, 0.15) is 89.2 Å². The second-order valence-electron chi connectivity index (χ2n) is 8.39. The normalized spacial score (nSPS) is 11.4. The third kappa shape index (κ3) is 6.07. The fourth-order valence-electron chi connectivity index (χ4n) is 4.06. The van der Waals surface area contributed by atoms with E-state index in [-0.39, 0.29) is 0 Å². The molecule has 1 N–H and O–H groups in total. The molecule has 0 unspecified atom stereocenters. The molecule has 0 aliphatic carbocycles. The summed E-state index contributed by atoms with van der Waals surface area (Å²) in [5.41, 5.74) is 4.61. The van der Waals surface area contributed by atoms with E-state index in [0.717, 1.165) is 35.9 Å². The fraction of sp³-hybridized carbons (Fsp3) is 0.538. The second kappa shape index (κ2) is 11.7. The second-order valence-corrected chi connectivity index (χ2v) is 8.39. The van der Waals surface area contributed by atoms with E-state index >= 15 is 0 Å². The lowest BCUT2D eigenvalue weighted by atomic mass is 10.00. The number of hydrogen-bond acceptors (Lipinski definition) is 3. The van der Waals surface area contributed by atoms with E-state index < -0.39 is 0 Å². The van der Waals surface area contributed by atoms with Gasteiger partial charge < -0.3 is 5.11 Å². The van der Waals surface area contributed by atoms with Crippen LogP contribution in [-0.2, 0) is 12.8 Å². The van der Waals surface area contributed by atoms with Gasteiger partial charge in [0.2, 0.25) is 0 Å². The molecule has 162 valence electrons. The average Bonchev–Trinajstić information content (AvgIpc) is 3.20. The summed E-state index contributed by atoms with van der Waals surface area (Å²) in [5.74, 6) is 0.323. The molecule has 3 aromatic rings. The quantitative estimate of drug-likeness (QED) is 0.306. The van der Waals surface area contributed by atoms with E-state index in [1.807, 2.05) is 30.3 Å². The molecule has 0 amide bonds. The van der Waals surface area contributed by atoms with Crippen molar-refractivity contribution in [1.29, 1.82) is 0 Å². The van der Waals surface area contributed by atoms with Crippen LogP contribution in [0.3, 0.4) is 0 Å². The lowest BCUT2D eigenvalue weighted by molar-refractivity contribution is 0.458. The van der Waals surface area contributed by atoms with Crippen LogP contribution in [0.5, 0.6) is 5.75 Å². The Kier molecular flexibility index (Phi) is 8.73. The number of unbranched alkanes of at least 4 members (excludes halogenated alkanes) is 9. The van der Waals surface area contributed by atoms with Crippen molar-refractivity contribution >= 4 is 11.0 Å². The van der Waals surface area contributed by atoms with Gasteiger partial charge in [0.05, 0.1) is 0 Å². The Morgan fingerprint density at radius 3 is 1.90 bits per heavy atom. The smallest absolute Gasteiger partial charge is 0.146 e. The zero-order valence-electron chi connectivity index (χ0n) is 18.7. The summed E-state index contributed by atoms with van der Waals surface area (Å²) in [5, 5.41) is 20.1. The number of benzene rings is 2. The van der Waals surface area contributed by atoms with Crippen molar-refractivity contribution in [2.24, 2.45) is 0 Å². The highest BCUT2D eigenvalue weighted by Gasteiger charge is 2.14. The first-order valence-corrected chi connectivity index (χ1v) is 11.9. The van der Waals surface area contributed by atoms with Crippen LogP contribution < -0.4 is 0 Å². The molecule has 0 saturated heterocycles. The summed E-state index contributed by atoms with van der Waals surface area (Å²) in [7, 11) is 0. The molecule has 2 aromatic carbocycles. The Hall–Kier alpha value is -2.36. The number of aryl methyl sites for hydroxylation is 2. The van der Waals surface area contributed by atoms with E-state index in [1.165, 1.54) is 63.4 Å². The molecule has 0 aliphatic heterocycles. The van der Waals surface area contributed by atoms with Gasteiger partial charge in [-0.1, -0.05) is 89.8 Å². The van der Waals surface area contributed by atoms with Gasteiger partial charge in [0.15, 0.2) is 0 Å². The Bertz CT molecular complexity index is 883. The average molecular weight is 408 g/mol. The van der Waals surface area contributed by atoms with Crippen LogP contribution in [0.4, 0.5) is 0 Å². The van der Waals surface area contributed by atoms with Crippen molar-refractivity contribution in [3.63, 3.8) is 0 Å². The Labute approximate surface area is 181 Å². The molecule has 1 heterocycles. The summed E-state index contributed by atoms with van der Waals surface area (Å²) in [6.07, 6.45) is 15.0. The molecule has 0 saturated carbocycles. The molecule has 4 nitrogen and oxygen atoms in total. The predicted octanol–water partition coefficient (Wildman–Crippen LogP) is 7.15. The maximum absolute atomic E-state index is 10.9. The van der Waals surface area contributed by atoms with Crippen LogP contribution in [-0.4, -0.2) is 20.1 Å². The number of aromatic nitrogens is 3. The lowest BCUT2D eigenvalue weighted by Crippen LogP contribution is -2.03. The standard InChI is InChI=1S/C26H37N3O/c1-3-5-6-7-8-9-10-11-12-13-16-22-19-21(4-2)20-25(26(22)30)29-27-23-17-14-15-18-24(23)28-29/h14-15,17-20,30H,3-13,16H2,1-2H3. The van der Waals surface area contributed by atoms with E-state index in [0.29, 0.717) is 11.4 Å². The van der Waals surface area contributed by atoms with Crippen molar-refractivity contribution in [2.45, 2.75) is 90.9 Å². The Balaban J connectivity index is 1.56. The molecule has 30 heavy (non-hydrogen) atoms. The molecule has 1 aromatic heterocycles. The van der Waals surface area contributed by atoms with Gasteiger partial charge in [0.1, 0.15) is 22.5 Å². The molecule has 0 aliphatic rings. The SMILES string of the molecule is CCCCCCCCCCCCc1cc(CC)cc(-n2nc3ccccc3n2)c1O. The third-order valence-electron chi connectivity index (χ3n) is 5.94. The van der Waals surface area contributed by atoms with E-state index in [1.54, 1.807) is 4.80 Å². The minimum atomic E-state index is 0.323. The van der Waals surface area contributed by atoms with Gasteiger partial charge in [-0.15, -0.1) is 15.0 Å². The highest BCUT2D eigenvalue weighted by Crippen LogP contribution is 2.30. The maximum Gasteiger partial charge on any atom is 0.146 e. The maximum atomic E-state index is 10.9. The molecule has 0 spiro atoms. The number of nitrogens with zero attached hydrogens (tertiary/aromatic N) is 3. The molecule has 4 heteroatoms. The minimum Gasteiger partial charge on any atom is -0.505 e. The number of hydrogen-bond donors (Lipinski definition) is 1. The summed E-state index contributed by atoms with van der Waals surface area (Å²) in [4.78, 5) is 1.58. The molecule has 0 radical (unpaired) electrons. The first-order valence-electron chi connectivity index (χ1n) is 11.9. The van der Waals surface area contributed by atoms with Crippen molar-refractivity contribution in [3.05, 3.63) is 47.5 Å². The van der Waals surface area contributed by atoms with Gasteiger partial charge in [0.25, 0.3) is 0 Å². The Morgan fingerprint density at radius 2 is 1.33 bits per heavy atom. The van der Waals surface area contributed by atoms with E-state index in [4.69, 9.17) is 0 Å². The van der Waals surface area contributed by atoms with Gasteiger partial charge >= 0.3 is 0 Å². The number of aromatic hydroxyl groups is 1. The van der Waals surface area contributed by atoms with Gasteiger partial charge in [-0.2, -0.15) is 0 Å². The number of phenols is 1. The first-order chi connectivity index (χ1) is 14.7. The molecule has 3 rings (SSSR count). The van der Waals surface area contributed by atoms with E-state index in [9.17, 15) is 5.11 Å². The van der Waals surface area contributed by atoms with Gasteiger partial charge in [-0.25, -0.2) is 0 Å². The zero-order chi connectivity index (χ0) is 21.2. The van der Waals surface area contributed by atoms with Crippen molar-refractivity contribution in [3.8, 4) is 11.4 Å². The first kappa shape index (κ1) is 22.3. The third-order valence-corrected chi connectivity index (χ3v) is 5.94. The van der Waals surface area contributed by atoms with Crippen molar-refractivity contribution in [2.75, 3.05) is 0 Å². The summed E-state index contributed by atoms with van der Waals surface area (Å²) in [6.45, 7) is 4.41. The van der Waals surface area contributed by atoms with Crippen LogP contribution in [0.2, 0.25) is 0 Å². The summed E-state index contributed by atoms with van der Waals surface area (Å²) < 4.78 is 0. The monoisotopic (exact) mass is 407 g/mol. The van der Waals surface area contributed by atoms with Crippen LogP contribution in [0.15, 0.2) is 36.4 Å². The summed E-state index contributed by atoms with van der Waals surface area (Å²) in [6, 6.07) is 12.0. The molecule has 0 fully saturated rings. The van der Waals surface area contributed by atoms with Crippen LogP contribution in [0, 0.1) is 0 Å². The number of rotatable bonds is 13. The van der Waals surface area contributed by atoms with Crippen LogP contribution in [0.25, 0.3) is 16.7 Å².